The largest absolute Gasteiger partial charge is 0.481 e. The number of methoxy groups -OCH3 is 1. The van der Waals surface area contributed by atoms with Crippen LogP contribution in [0, 0.1) is 0 Å². The maximum absolute atomic E-state index is 6.16. The van der Waals surface area contributed by atoms with E-state index >= 15 is 0 Å². The van der Waals surface area contributed by atoms with Gasteiger partial charge in [0.25, 0.3) is 0 Å². The number of aromatic nitrogens is 3. The van der Waals surface area contributed by atoms with Crippen LogP contribution in [0.5, 0.6) is 5.88 Å². The van der Waals surface area contributed by atoms with E-state index < -0.39 is 0 Å². The van der Waals surface area contributed by atoms with Gasteiger partial charge in [0.15, 0.2) is 5.82 Å². The molecule has 0 spiro atoms. The molecule has 1 aliphatic rings. The second-order valence-corrected chi connectivity index (χ2v) is 5.53. The topological polar surface area (TPSA) is 47.9 Å². The van der Waals surface area contributed by atoms with Crippen LogP contribution in [-0.2, 0) is 0 Å². The van der Waals surface area contributed by atoms with Crippen molar-refractivity contribution in [3.63, 3.8) is 0 Å². The Kier molecular flexibility index (Phi) is 3.41. The van der Waals surface area contributed by atoms with E-state index in [4.69, 9.17) is 16.3 Å². The maximum atomic E-state index is 6.16. The van der Waals surface area contributed by atoms with Gasteiger partial charge >= 0.3 is 0 Å². The second-order valence-electron chi connectivity index (χ2n) is 4.38. The highest BCUT2D eigenvalue weighted by Gasteiger charge is 2.29. The first-order valence-corrected chi connectivity index (χ1v) is 7.10. The zero-order valence-corrected chi connectivity index (χ0v) is 12.6. The number of hydrogen-bond acceptors (Lipinski definition) is 4. The molecule has 6 heteroatoms. The Morgan fingerprint density at radius 1 is 1.26 bits per heavy atom. The van der Waals surface area contributed by atoms with E-state index in [2.05, 4.69) is 30.9 Å². The molecule has 1 fully saturated rings. The Morgan fingerprint density at radius 2 is 2.05 bits per heavy atom. The Hall–Kier alpha value is -1.20. The van der Waals surface area contributed by atoms with Crippen molar-refractivity contribution < 1.29 is 4.74 Å². The van der Waals surface area contributed by atoms with Gasteiger partial charge in [0.2, 0.25) is 5.88 Å². The molecule has 0 radical (unpaired) electrons. The summed E-state index contributed by atoms with van der Waals surface area (Å²) in [5.41, 5.74) is 1.63. The summed E-state index contributed by atoms with van der Waals surface area (Å²) in [6.45, 7) is 0. The van der Waals surface area contributed by atoms with Gasteiger partial charge in [0.05, 0.1) is 17.3 Å². The summed E-state index contributed by atoms with van der Waals surface area (Å²) < 4.78 is 5.91. The van der Waals surface area contributed by atoms with Crippen LogP contribution in [0.4, 0.5) is 0 Å². The summed E-state index contributed by atoms with van der Waals surface area (Å²) in [6, 6.07) is 5.49. The van der Waals surface area contributed by atoms with Crippen LogP contribution in [0.25, 0.3) is 11.5 Å². The van der Waals surface area contributed by atoms with Gasteiger partial charge in [-0.15, -0.1) is 0 Å². The number of hydrogen-bond donors (Lipinski definition) is 0. The molecule has 1 aliphatic carbocycles. The van der Waals surface area contributed by atoms with Gasteiger partial charge in [0.1, 0.15) is 10.8 Å². The minimum atomic E-state index is 0.427. The summed E-state index contributed by atoms with van der Waals surface area (Å²) in [6.07, 6.45) is 2.30. The lowest BCUT2D eigenvalue weighted by molar-refractivity contribution is 0.398. The van der Waals surface area contributed by atoms with Crippen molar-refractivity contribution in [1.29, 1.82) is 0 Å². The van der Waals surface area contributed by atoms with E-state index in [9.17, 15) is 0 Å². The predicted molar refractivity (Wildman–Crippen MR) is 76.5 cm³/mol. The Bertz CT molecular complexity index is 631. The van der Waals surface area contributed by atoms with Gasteiger partial charge in [-0.3, -0.25) is 0 Å². The van der Waals surface area contributed by atoms with Crippen molar-refractivity contribution in [3.05, 3.63) is 33.5 Å². The van der Waals surface area contributed by atoms with Gasteiger partial charge < -0.3 is 4.74 Å². The van der Waals surface area contributed by atoms with Gasteiger partial charge in [-0.2, -0.15) is 0 Å². The third-order valence-electron chi connectivity index (χ3n) is 2.96. The van der Waals surface area contributed by atoms with Crippen LogP contribution >= 0.6 is 27.5 Å². The van der Waals surface area contributed by atoms with Crippen LogP contribution in [0.15, 0.2) is 22.7 Å². The average molecular weight is 341 g/mol. The van der Waals surface area contributed by atoms with E-state index in [1.54, 1.807) is 13.2 Å². The summed E-state index contributed by atoms with van der Waals surface area (Å²) in [4.78, 5) is 13.2. The first kappa shape index (κ1) is 12.8. The number of pyridine rings is 1. The zero-order chi connectivity index (χ0) is 13.4. The van der Waals surface area contributed by atoms with Crippen molar-refractivity contribution in [1.82, 2.24) is 15.0 Å². The molecule has 2 heterocycles. The van der Waals surface area contributed by atoms with Crippen LogP contribution in [-0.4, -0.2) is 22.1 Å². The molecule has 2 aromatic heterocycles. The molecule has 0 unspecified atom stereocenters. The fourth-order valence-electron chi connectivity index (χ4n) is 1.83. The average Bonchev–Trinajstić information content (AvgIpc) is 3.26. The van der Waals surface area contributed by atoms with Crippen LogP contribution in [0.2, 0.25) is 5.15 Å². The normalized spacial score (nSPS) is 14.5. The van der Waals surface area contributed by atoms with Gasteiger partial charge in [0, 0.05) is 12.0 Å². The van der Waals surface area contributed by atoms with E-state index in [0.29, 0.717) is 28.5 Å². The highest BCUT2D eigenvalue weighted by molar-refractivity contribution is 9.10. The van der Waals surface area contributed by atoms with Crippen LogP contribution in [0.1, 0.15) is 24.5 Å². The van der Waals surface area contributed by atoms with E-state index in [-0.39, 0.29) is 0 Å². The molecular weight excluding hydrogens is 330 g/mol. The monoisotopic (exact) mass is 339 g/mol. The molecular formula is C13H11BrClN3O. The molecule has 0 saturated heterocycles. The molecule has 1 saturated carbocycles. The summed E-state index contributed by atoms with van der Waals surface area (Å²) >= 11 is 9.61. The zero-order valence-electron chi connectivity index (χ0n) is 10.2. The molecule has 0 bridgehead atoms. The van der Waals surface area contributed by atoms with Gasteiger partial charge in [-0.25, -0.2) is 15.0 Å². The molecule has 0 N–H and O–H groups in total. The lowest BCUT2D eigenvalue weighted by Crippen LogP contribution is -1.99. The van der Waals surface area contributed by atoms with Crippen molar-refractivity contribution in [2.24, 2.45) is 0 Å². The van der Waals surface area contributed by atoms with Crippen molar-refractivity contribution in [2.75, 3.05) is 7.11 Å². The lowest BCUT2D eigenvalue weighted by Gasteiger charge is -2.07. The maximum Gasteiger partial charge on any atom is 0.213 e. The third kappa shape index (κ3) is 2.58. The lowest BCUT2D eigenvalue weighted by atomic mass is 10.2. The number of rotatable bonds is 3. The van der Waals surface area contributed by atoms with E-state index in [1.807, 2.05) is 12.1 Å². The Labute approximate surface area is 124 Å². The van der Waals surface area contributed by atoms with Crippen molar-refractivity contribution >= 4 is 27.5 Å². The third-order valence-corrected chi connectivity index (χ3v) is 4.25. The van der Waals surface area contributed by atoms with Gasteiger partial charge in [-0.1, -0.05) is 17.7 Å². The first-order chi connectivity index (χ1) is 9.19. The van der Waals surface area contributed by atoms with Crippen LogP contribution in [0.3, 0.4) is 0 Å². The summed E-state index contributed by atoms with van der Waals surface area (Å²) in [5.74, 6) is 1.56. The summed E-state index contributed by atoms with van der Waals surface area (Å²) in [7, 11) is 1.58. The van der Waals surface area contributed by atoms with Gasteiger partial charge in [-0.05, 0) is 34.8 Å². The van der Waals surface area contributed by atoms with Crippen molar-refractivity contribution in [2.45, 2.75) is 18.8 Å². The highest BCUT2D eigenvalue weighted by Crippen LogP contribution is 2.44. The fraction of sp³-hybridized carbons (Fsp3) is 0.308. The number of nitrogens with zero attached hydrogens (tertiary/aromatic N) is 3. The number of ether oxygens (including phenoxy) is 1. The molecule has 0 amide bonds. The van der Waals surface area contributed by atoms with Crippen LogP contribution < -0.4 is 4.74 Å². The molecule has 0 atom stereocenters. The van der Waals surface area contributed by atoms with Crippen molar-refractivity contribution in [3.8, 4) is 17.4 Å². The minimum absolute atomic E-state index is 0.427. The second kappa shape index (κ2) is 5.06. The molecule has 19 heavy (non-hydrogen) atoms. The molecule has 3 rings (SSSR count). The highest BCUT2D eigenvalue weighted by atomic mass is 79.9. The Balaban J connectivity index is 2.08. The minimum Gasteiger partial charge on any atom is -0.481 e. The van der Waals surface area contributed by atoms with E-state index in [0.717, 1.165) is 23.0 Å². The van der Waals surface area contributed by atoms with E-state index in [1.165, 1.54) is 0 Å². The smallest absolute Gasteiger partial charge is 0.213 e. The molecule has 0 aliphatic heterocycles. The molecule has 4 nitrogen and oxygen atoms in total. The fourth-order valence-corrected chi connectivity index (χ4v) is 2.51. The predicted octanol–water partition coefficient (Wildman–Crippen LogP) is 3.84. The molecule has 2 aromatic rings. The summed E-state index contributed by atoms with van der Waals surface area (Å²) in [5, 5.41) is 0.427. The quantitative estimate of drug-likeness (QED) is 0.797. The first-order valence-electron chi connectivity index (χ1n) is 5.93. The molecule has 0 aromatic carbocycles. The molecule has 98 valence electrons. The Morgan fingerprint density at radius 3 is 2.74 bits per heavy atom. The SMILES string of the molecule is COc1cccc(-c2nc(Cl)c(Br)c(C3CC3)n2)n1. The standard InChI is InChI=1S/C13H11BrClN3O/c1-19-9-4-2-3-8(16-9)13-17-11(7-5-6-7)10(14)12(15)18-13/h2-4,7H,5-6H2,1H3. The number of halogens is 2.